The number of alkyl halides is 3. The number of benzene rings is 2. The van der Waals surface area contributed by atoms with Crippen molar-refractivity contribution in [1.29, 1.82) is 0 Å². The first-order valence-corrected chi connectivity index (χ1v) is 9.57. The maximum Gasteiger partial charge on any atom is 0.409 e. The Labute approximate surface area is 179 Å². The molecule has 2 aliphatic heterocycles. The highest BCUT2D eigenvalue weighted by Crippen LogP contribution is 2.37. The average Bonchev–Trinajstić information content (AvgIpc) is 2.92. The van der Waals surface area contributed by atoms with Gasteiger partial charge >= 0.3 is 12.1 Å². The number of esters is 1. The third kappa shape index (κ3) is 4.32. The van der Waals surface area contributed by atoms with Crippen molar-refractivity contribution in [3.05, 3.63) is 48.5 Å². The molecule has 2 atom stereocenters. The Kier molecular flexibility index (Phi) is 5.64. The molecule has 0 radical (unpaired) electrons. The van der Waals surface area contributed by atoms with Crippen molar-refractivity contribution in [1.82, 2.24) is 0 Å². The van der Waals surface area contributed by atoms with Crippen molar-refractivity contribution in [2.75, 3.05) is 23.4 Å². The van der Waals surface area contributed by atoms with Crippen molar-refractivity contribution < 1.29 is 41.8 Å². The minimum atomic E-state index is -4.89. The molecular formula is C21H17F3N2O6. The summed E-state index contributed by atoms with van der Waals surface area (Å²) in [5.74, 6) is -2.26. The first-order chi connectivity index (χ1) is 15.2. The van der Waals surface area contributed by atoms with Crippen LogP contribution in [-0.2, 0) is 19.1 Å². The Morgan fingerprint density at radius 2 is 1.78 bits per heavy atom. The lowest BCUT2D eigenvalue weighted by Gasteiger charge is -2.31. The number of carbonyl (C=O) groups excluding carboxylic acids is 3. The topological polar surface area (TPSA) is 94.2 Å². The van der Waals surface area contributed by atoms with E-state index in [9.17, 15) is 27.6 Å². The first kappa shape index (κ1) is 21.5. The summed E-state index contributed by atoms with van der Waals surface area (Å²) in [5.41, 5.74) is -0.0996. The third-order valence-corrected chi connectivity index (χ3v) is 4.88. The van der Waals surface area contributed by atoms with Gasteiger partial charge in [0.15, 0.2) is 18.1 Å². The molecule has 2 amide bonds. The number of para-hydroxylation sites is 4. The molecule has 4 rings (SSSR count). The first-order valence-electron chi connectivity index (χ1n) is 9.57. The summed E-state index contributed by atoms with van der Waals surface area (Å²) < 4.78 is 57.0. The van der Waals surface area contributed by atoms with Gasteiger partial charge in [0.25, 0.3) is 5.91 Å². The van der Waals surface area contributed by atoms with Crippen molar-refractivity contribution in [2.45, 2.75) is 24.7 Å². The molecule has 2 aliphatic rings. The minimum absolute atomic E-state index is 0.0459. The molecule has 32 heavy (non-hydrogen) atoms. The van der Waals surface area contributed by atoms with Crippen LogP contribution in [0.4, 0.5) is 24.5 Å². The summed E-state index contributed by atoms with van der Waals surface area (Å²) >= 11 is 0. The molecule has 11 heteroatoms. The summed E-state index contributed by atoms with van der Waals surface area (Å²) in [5, 5.41) is 2.36. The van der Waals surface area contributed by atoms with Crippen molar-refractivity contribution in [3.63, 3.8) is 0 Å². The van der Waals surface area contributed by atoms with Crippen LogP contribution in [0.25, 0.3) is 0 Å². The SMILES string of the molecule is O=C1CC(C(F)(F)F)N(C(=O)COC(=O)C2COc3ccccc3O2)c2ccccc2N1. The summed E-state index contributed by atoms with van der Waals surface area (Å²) in [4.78, 5) is 37.6. The highest BCUT2D eigenvalue weighted by atomic mass is 19.4. The van der Waals surface area contributed by atoms with E-state index >= 15 is 0 Å². The fraction of sp³-hybridized carbons (Fsp3) is 0.286. The summed E-state index contributed by atoms with van der Waals surface area (Å²) in [6.07, 6.45) is -7.07. The van der Waals surface area contributed by atoms with Gasteiger partial charge in [-0.15, -0.1) is 0 Å². The normalized spacial score (nSPS) is 20.0. The van der Waals surface area contributed by atoms with E-state index in [4.69, 9.17) is 14.2 Å². The van der Waals surface area contributed by atoms with Crippen LogP contribution in [0.3, 0.4) is 0 Å². The van der Waals surface area contributed by atoms with E-state index in [1.54, 1.807) is 24.3 Å². The lowest BCUT2D eigenvalue weighted by Crippen LogP contribution is -2.51. The van der Waals surface area contributed by atoms with E-state index in [0.29, 0.717) is 16.4 Å². The van der Waals surface area contributed by atoms with E-state index in [1.165, 1.54) is 24.3 Å². The third-order valence-electron chi connectivity index (χ3n) is 4.88. The molecular weight excluding hydrogens is 433 g/mol. The number of hydrogen-bond donors (Lipinski definition) is 1. The number of hydrogen-bond acceptors (Lipinski definition) is 6. The predicted molar refractivity (Wildman–Crippen MR) is 104 cm³/mol. The smallest absolute Gasteiger partial charge is 0.409 e. The van der Waals surface area contributed by atoms with Gasteiger partial charge in [-0.05, 0) is 24.3 Å². The zero-order valence-electron chi connectivity index (χ0n) is 16.4. The van der Waals surface area contributed by atoms with Crippen molar-refractivity contribution >= 4 is 29.2 Å². The molecule has 2 unspecified atom stereocenters. The van der Waals surface area contributed by atoms with Crippen LogP contribution >= 0.6 is 0 Å². The van der Waals surface area contributed by atoms with Crippen molar-refractivity contribution in [2.24, 2.45) is 0 Å². The monoisotopic (exact) mass is 450 g/mol. The molecule has 0 saturated carbocycles. The number of amides is 2. The lowest BCUT2D eigenvalue weighted by atomic mass is 10.1. The van der Waals surface area contributed by atoms with Gasteiger partial charge in [0, 0.05) is 0 Å². The second-order valence-electron chi connectivity index (χ2n) is 7.06. The Morgan fingerprint density at radius 1 is 1.09 bits per heavy atom. The van der Waals surface area contributed by atoms with E-state index in [1.807, 2.05) is 0 Å². The standard InChI is InChI=1S/C21H17F3N2O6/c22-21(23,24)17-9-18(27)25-12-5-1-2-6-13(12)26(17)19(28)11-31-20(29)16-10-30-14-7-3-4-8-15(14)32-16/h1-8,16-17H,9-11H2,(H,25,27). The average molecular weight is 450 g/mol. The van der Waals surface area contributed by atoms with E-state index in [2.05, 4.69) is 5.32 Å². The van der Waals surface area contributed by atoms with Crippen LogP contribution in [-0.4, -0.2) is 49.3 Å². The molecule has 2 aromatic carbocycles. The summed E-state index contributed by atoms with van der Waals surface area (Å²) in [7, 11) is 0. The van der Waals surface area contributed by atoms with Crippen LogP contribution in [0.1, 0.15) is 6.42 Å². The Hall–Kier alpha value is -3.76. The van der Waals surface area contributed by atoms with Crippen LogP contribution in [0.2, 0.25) is 0 Å². The molecule has 0 aliphatic carbocycles. The maximum atomic E-state index is 13.7. The predicted octanol–water partition coefficient (Wildman–Crippen LogP) is 2.68. The van der Waals surface area contributed by atoms with Crippen molar-refractivity contribution in [3.8, 4) is 11.5 Å². The molecule has 8 nitrogen and oxygen atoms in total. The zero-order valence-corrected chi connectivity index (χ0v) is 16.4. The molecule has 0 bridgehead atoms. The number of ether oxygens (including phenoxy) is 3. The second kappa shape index (κ2) is 8.40. The number of rotatable bonds is 3. The fourth-order valence-corrected chi connectivity index (χ4v) is 3.43. The molecule has 0 saturated heterocycles. The number of anilines is 2. The number of fused-ring (bicyclic) bond motifs is 2. The van der Waals surface area contributed by atoms with Crippen LogP contribution in [0.15, 0.2) is 48.5 Å². The van der Waals surface area contributed by atoms with E-state index in [-0.39, 0.29) is 18.0 Å². The second-order valence-corrected chi connectivity index (χ2v) is 7.06. The largest absolute Gasteiger partial charge is 0.485 e. The molecule has 0 spiro atoms. The van der Waals surface area contributed by atoms with Crippen LogP contribution < -0.4 is 19.7 Å². The Bertz CT molecular complexity index is 1060. The Balaban J connectivity index is 1.51. The zero-order chi connectivity index (χ0) is 22.9. The molecule has 1 N–H and O–H groups in total. The minimum Gasteiger partial charge on any atom is -0.485 e. The van der Waals surface area contributed by atoms with Gasteiger partial charge in [-0.2, -0.15) is 13.2 Å². The van der Waals surface area contributed by atoms with Gasteiger partial charge in [0.1, 0.15) is 12.6 Å². The quantitative estimate of drug-likeness (QED) is 0.723. The molecule has 0 fully saturated rings. The maximum absolute atomic E-state index is 13.7. The lowest BCUT2D eigenvalue weighted by molar-refractivity contribution is -0.162. The highest BCUT2D eigenvalue weighted by Gasteiger charge is 2.49. The van der Waals surface area contributed by atoms with Gasteiger partial charge in [-0.1, -0.05) is 24.3 Å². The Morgan fingerprint density at radius 3 is 2.53 bits per heavy atom. The van der Waals surface area contributed by atoms with Gasteiger partial charge in [-0.25, -0.2) is 4.79 Å². The highest BCUT2D eigenvalue weighted by molar-refractivity contribution is 6.05. The van der Waals surface area contributed by atoms with E-state index in [0.717, 1.165) is 0 Å². The number of nitrogens with zero attached hydrogens (tertiary/aromatic N) is 1. The fourth-order valence-electron chi connectivity index (χ4n) is 3.43. The molecule has 0 aromatic heterocycles. The van der Waals surface area contributed by atoms with Gasteiger partial charge in [0.05, 0.1) is 17.8 Å². The van der Waals surface area contributed by atoms with Crippen LogP contribution in [0, 0.1) is 0 Å². The number of nitrogens with one attached hydrogen (secondary N) is 1. The van der Waals surface area contributed by atoms with E-state index < -0.39 is 49.1 Å². The van der Waals surface area contributed by atoms with Gasteiger partial charge in [0.2, 0.25) is 12.0 Å². The number of carbonyl (C=O) groups is 3. The molecule has 2 aromatic rings. The summed E-state index contributed by atoms with van der Waals surface area (Å²) in [6, 6.07) is 9.78. The molecule has 168 valence electrons. The summed E-state index contributed by atoms with van der Waals surface area (Å²) in [6.45, 7) is -1.16. The number of halogens is 3. The van der Waals surface area contributed by atoms with Gasteiger partial charge in [-0.3, -0.25) is 14.5 Å². The molecule has 2 heterocycles. The van der Waals surface area contributed by atoms with Gasteiger partial charge < -0.3 is 19.5 Å². The van der Waals surface area contributed by atoms with Crippen LogP contribution in [0.5, 0.6) is 11.5 Å².